The summed E-state index contributed by atoms with van der Waals surface area (Å²) in [5, 5.41) is 3.35. The van der Waals surface area contributed by atoms with Crippen LogP contribution in [0.2, 0.25) is 0 Å². The molecule has 15 heavy (non-hydrogen) atoms. The normalized spacial score (nSPS) is 25.5. The lowest BCUT2D eigenvalue weighted by Crippen LogP contribution is -2.28. The monoisotopic (exact) mass is 215 g/mol. The van der Waals surface area contributed by atoms with Crippen LogP contribution in [0, 0.1) is 5.92 Å². The van der Waals surface area contributed by atoms with Gasteiger partial charge in [-0.3, -0.25) is 4.79 Å². The standard InChI is InChI=1S/C11H21NO3/c1-9-10(5-7-15-9)8-12-6-3-4-11(13)14-2/h9-10,12H,3-8H2,1-2H3. The summed E-state index contributed by atoms with van der Waals surface area (Å²) >= 11 is 0. The van der Waals surface area contributed by atoms with Crippen molar-refractivity contribution in [1.29, 1.82) is 0 Å². The highest BCUT2D eigenvalue weighted by atomic mass is 16.5. The molecule has 2 atom stereocenters. The fourth-order valence-electron chi connectivity index (χ4n) is 1.79. The third kappa shape index (κ3) is 4.62. The number of methoxy groups -OCH3 is 1. The Bertz CT molecular complexity index is 196. The molecule has 0 bridgehead atoms. The molecule has 0 aromatic heterocycles. The summed E-state index contributed by atoms with van der Waals surface area (Å²) < 4.78 is 10.0. The van der Waals surface area contributed by atoms with Crippen molar-refractivity contribution in [3.63, 3.8) is 0 Å². The number of carbonyl (C=O) groups excluding carboxylic acids is 1. The molecule has 1 N–H and O–H groups in total. The fourth-order valence-corrected chi connectivity index (χ4v) is 1.79. The summed E-state index contributed by atoms with van der Waals surface area (Å²) in [4.78, 5) is 10.8. The summed E-state index contributed by atoms with van der Waals surface area (Å²) in [6, 6.07) is 0. The van der Waals surface area contributed by atoms with Crippen molar-refractivity contribution in [1.82, 2.24) is 5.32 Å². The van der Waals surface area contributed by atoms with Crippen LogP contribution >= 0.6 is 0 Å². The third-order valence-electron chi connectivity index (χ3n) is 2.90. The lowest BCUT2D eigenvalue weighted by Gasteiger charge is -2.14. The average molecular weight is 215 g/mol. The summed E-state index contributed by atoms with van der Waals surface area (Å²) in [7, 11) is 1.42. The molecule has 4 heteroatoms. The molecule has 1 aliphatic rings. The molecule has 1 heterocycles. The maximum Gasteiger partial charge on any atom is 0.305 e. The molecule has 0 radical (unpaired) electrons. The zero-order chi connectivity index (χ0) is 11.1. The predicted octanol–water partition coefficient (Wildman–Crippen LogP) is 0.954. The molecule has 0 spiro atoms. The number of ether oxygens (including phenoxy) is 2. The first-order chi connectivity index (χ1) is 7.24. The van der Waals surface area contributed by atoms with Crippen LogP contribution in [0.3, 0.4) is 0 Å². The number of esters is 1. The number of nitrogens with one attached hydrogen (secondary N) is 1. The van der Waals surface area contributed by atoms with Gasteiger partial charge in [-0.15, -0.1) is 0 Å². The Morgan fingerprint density at radius 3 is 3.00 bits per heavy atom. The molecule has 1 aliphatic heterocycles. The Morgan fingerprint density at radius 1 is 1.60 bits per heavy atom. The molecule has 0 aliphatic carbocycles. The van der Waals surface area contributed by atoms with Gasteiger partial charge in [0.25, 0.3) is 0 Å². The van der Waals surface area contributed by atoms with Crippen LogP contribution in [-0.4, -0.2) is 38.9 Å². The van der Waals surface area contributed by atoms with Gasteiger partial charge in [0.1, 0.15) is 0 Å². The highest BCUT2D eigenvalue weighted by Gasteiger charge is 2.23. The van der Waals surface area contributed by atoms with E-state index in [2.05, 4.69) is 17.0 Å². The van der Waals surface area contributed by atoms with E-state index < -0.39 is 0 Å². The van der Waals surface area contributed by atoms with Crippen LogP contribution in [0.1, 0.15) is 26.2 Å². The first-order valence-corrected chi connectivity index (χ1v) is 5.63. The van der Waals surface area contributed by atoms with Gasteiger partial charge in [-0.25, -0.2) is 0 Å². The largest absolute Gasteiger partial charge is 0.469 e. The van der Waals surface area contributed by atoms with Crippen LogP contribution in [0.5, 0.6) is 0 Å². The van der Waals surface area contributed by atoms with Crippen molar-refractivity contribution in [3.8, 4) is 0 Å². The van der Waals surface area contributed by atoms with Gasteiger partial charge in [0.15, 0.2) is 0 Å². The second kappa shape index (κ2) is 6.80. The van der Waals surface area contributed by atoms with E-state index in [0.29, 0.717) is 18.4 Å². The molecule has 0 aromatic rings. The zero-order valence-corrected chi connectivity index (χ0v) is 9.62. The zero-order valence-electron chi connectivity index (χ0n) is 9.62. The Hall–Kier alpha value is -0.610. The van der Waals surface area contributed by atoms with Crippen LogP contribution in [0.4, 0.5) is 0 Å². The van der Waals surface area contributed by atoms with Gasteiger partial charge in [-0.05, 0) is 32.2 Å². The Morgan fingerprint density at radius 2 is 2.40 bits per heavy atom. The van der Waals surface area contributed by atoms with Crippen LogP contribution in [0.25, 0.3) is 0 Å². The topological polar surface area (TPSA) is 47.6 Å². The van der Waals surface area contributed by atoms with E-state index in [0.717, 1.165) is 32.5 Å². The van der Waals surface area contributed by atoms with E-state index >= 15 is 0 Å². The van der Waals surface area contributed by atoms with Gasteiger partial charge < -0.3 is 14.8 Å². The van der Waals surface area contributed by atoms with E-state index in [-0.39, 0.29) is 5.97 Å². The minimum atomic E-state index is -0.130. The quantitative estimate of drug-likeness (QED) is 0.529. The SMILES string of the molecule is COC(=O)CCCNCC1CCOC1C. The summed E-state index contributed by atoms with van der Waals surface area (Å²) in [5.74, 6) is 0.498. The van der Waals surface area contributed by atoms with Gasteiger partial charge in [-0.2, -0.15) is 0 Å². The smallest absolute Gasteiger partial charge is 0.305 e. The molecule has 88 valence electrons. The van der Waals surface area contributed by atoms with Crippen molar-refractivity contribution < 1.29 is 14.3 Å². The van der Waals surface area contributed by atoms with Gasteiger partial charge in [-0.1, -0.05) is 0 Å². The summed E-state index contributed by atoms with van der Waals surface area (Å²) in [5.41, 5.74) is 0. The first kappa shape index (κ1) is 12.5. The Kier molecular flexibility index (Phi) is 5.65. The molecule has 1 rings (SSSR count). The lowest BCUT2D eigenvalue weighted by atomic mass is 10.0. The van der Waals surface area contributed by atoms with Crippen molar-refractivity contribution in [2.45, 2.75) is 32.3 Å². The average Bonchev–Trinajstić information content (AvgIpc) is 2.63. The van der Waals surface area contributed by atoms with Crippen LogP contribution in [0.15, 0.2) is 0 Å². The van der Waals surface area contributed by atoms with Gasteiger partial charge >= 0.3 is 5.97 Å². The molecule has 1 saturated heterocycles. The van der Waals surface area contributed by atoms with E-state index in [4.69, 9.17) is 4.74 Å². The van der Waals surface area contributed by atoms with E-state index in [1.165, 1.54) is 7.11 Å². The van der Waals surface area contributed by atoms with Crippen LogP contribution < -0.4 is 5.32 Å². The van der Waals surface area contributed by atoms with Gasteiger partial charge in [0.05, 0.1) is 13.2 Å². The Labute approximate surface area is 91.3 Å². The minimum absolute atomic E-state index is 0.130. The van der Waals surface area contributed by atoms with E-state index in [1.807, 2.05) is 0 Å². The molecule has 2 unspecified atom stereocenters. The molecule has 0 saturated carbocycles. The van der Waals surface area contributed by atoms with Crippen LogP contribution in [-0.2, 0) is 14.3 Å². The van der Waals surface area contributed by atoms with Crippen molar-refractivity contribution >= 4 is 5.97 Å². The highest BCUT2D eigenvalue weighted by Crippen LogP contribution is 2.19. The van der Waals surface area contributed by atoms with E-state index in [1.54, 1.807) is 0 Å². The predicted molar refractivity (Wildman–Crippen MR) is 57.6 cm³/mol. The first-order valence-electron chi connectivity index (χ1n) is 5.63. The molecule has 0 aromatic carbocycles. The fraction of sp³-hybridized carbons (Fsp3) is 0.909. The maximum atomic E-state index is 10.8. The molecule has 0 amide bonds. The Balaban J connectivity index is 1.95. The molecule has 1 fully saturated rings. The highest BCUT2D eigenvalue weighted by molar-refractivity contribution is 5.68. The summed E-state index contributed by atoms with van der Waals surface area (Å²) in [6.45, 7) is 4.87. The number of hydrogen-bond donors (Lipinski definition) is 1. The second-order valence-electron chi connectivity index (χ2n) is 4.01. The number of rotatable bonds is 6. The van der Waals surface area contributed by atoms with Crippen molar-refractivity contribution in [2.24, 2.45) is 5.92 Å². The third-order valence-corrected chi connectivity index (χ3v) is 2.90. The maximum absolute atomic E-state index is 10.8. The summed E-state index contributed by atoms with van der Waals surface area (Å²) in [6.07, 6.45) is 2.86. The van der Waals surface area contributed by atoms with Crippen molar-refractivity contribution in [2.75, 3.05) is 26.8 Å². The molecular formula is C11H21NO3. The second-order valence-corrected chi connectivity index (χ2v) is 4.01. The van der Waals surface area contributed by atoms with E-state index in [9.17, 15) is 4.79 Å². The molecule has 4 nitrogen and oxygen atoms in total. The van der Waals surface area contributed by atoms with Gasteiger partial charge in [0.2, 0.25) is 0 Å². The minimum Gasteiger partial charge on any atom is -0.469 e. The number of hydrogen-bond acceptors (Lipinski definition) is 4. The lowest BCUT2D eigenvalue weighted by molar-refractivity contribution is -0.140. The number of carbonyl (C=O) groups is 1. The van der Waals surface area contributed by atoms with Crippen molar-refractivity contribution in [3.05, 3.63) is 0 Å². The molecular weight excluding hydrogens is 194 g/mol. The van der Waals surface area contributed by atoms with Gasteiger partial charge in [0, 0.05) is 19.6 Å².